The Kier molecular flexibility index (Phi) is 4.95. The first-order chi connectivity index (χ1) is 10.7. The molecule has 1 fully saturated rings. The molecule has 0 saturated heterocycles. The highest BCUT2D eigenvalue weighted by molar-refractivity contribution is 7.09. The van der Waals surface area contributed by atoms with Gasteiger partial charge in [-0.05, 0) is 50.5 Å². The van der Waals surface area contributed by atoms with E-state index >= 15 is 0 Å². The maximum absolute atomic E-state index is 9.97. The van der Waals surface area contributed by atoms with Gasteiger partial charge in [-0.15, -0.1) is 11.3 Å². The van der Waals surface area contributed by atoms with Crippen molar-refractivity contribution in [1.82, 2.24) is 4.98 Å². The average Bonchev–Trinajstić information content (AvgIpc) is 3.06. The summed E-state index contributed by atoms with van der Waals surface area (Å²) in [6.07, 6.45) is 5.42. The molecule has 1 aromatic carbocycles. The first-order valence-corrected chi connectivity index (χ1v) is 8.71. The molecule has 1 saturated carbocycles. The molecule has 2 N–H and O–H groups in total. The number of hydrogen-bond donors (Lipinski definition) is 2. The van der Waals surface area contributed by atoms with E-state index in [1.165, 1.54) is 0 Å². The quantitative estimate of drug-likeness (QED) is 0.875. The minimum Gasteiger partial charge on any atom is -0.488 e. The third-order valence-corrected chi connectivity index (χ3v) is 4.97. The molecule has 3 rings (SSSR count). The zero-order valence-corrected chi connectivity index (χ0v) is 13.6. The molecule has 0 aliphatic heterocycles. The van der Waals surface area contributed by atoms with Gasteiger partial charge in [-0.3, -0.25) is 0 Å². The van der Waals surface area contributed by atoms with Gasteiger partial charge < -0.3 is 15.2 Å². The van der Waals surface area contributed by atoms with Crippen LogP contribution in [0.4, 0.5) is 5.69 Å². The van der Waals surface area contributed by atoms with E-state index in [4.69, 9.17) is 4.74 Å². The van der Waals surface area contributed by atoms with Crippen molar-refractivity contribution in [2.75, 3.05) is 5.32 Å². The second-order valence-electron chi connectivity index (χ2n) is 5.77. The van der Waals surface area contributed by atoms with E-state index in [1.54, 1.807) is 11.3 Å². The lowest BCUT2D eigenvalue weighted by Gasteiger charge is -2.28. The zero-order chi connectivity index (χ0) is 15.4. The number of aliphatic hydroxyl groups excluding tert-OH is 1. The second kappa shape index (κ2) is 7.11. The van der Waals surface area contributed by atoms with Crippen LogP contribution in [0.2, 0.25) is 0 Å². The van der Waals surface area contributed by atoms with Gasteiger partial charge in [0.25, 0.3) is 0 Å². The Hall–Kier alpha value is -1.59. The number of ether oxygens (including phenoxy) is 1. The van der Waals surface area contributed by atoms with E-state index in [0.29, 0.717) is 0 Å². The summed E-state index contributed by atoms with van der Waals surface area (Å²) in [5.74, 6) is 0.818. The van der Waals surface area contributed by atoms with Crippen molar-refractivity contribution in [2.45, 2.75) is 50.9 Å². The Morgan fingerprint density at radius 2 is 2.05 bits per heavy atom. The smallest absolute Gasteiger partial charge is 0.124 e. The highest BCUT2D eigenvalue weighted by Crippen LogP contribution is 2.26. The van der Waals surface area contributed by atoms with Crippen LogP contribution in [0.1, 0.15) is 43.7 Å². The van der Waals surface area contributed by atoms with E-state index < -0.39 is 0 Å². The molecule has 0 radical (unpaired) electrons. The molecule has 3 unspecified atom stereocenters. The Morgan fingerprint density at radius 1 is 1.27 bits per heavy atom. The number of anilines is 1. The minimum atomic E-state index is -0.337. The molecule has 5 heteroatoms. The fraction of sp³-hybridized carbons (Fsp3) is 0.471. The molecule has 1 aromatic heterocycles. The molecular formula is C17H22N2O2S. The predicted molar refractivity (Wildman–Crippen MR) is 89.5 cm³/mol. The average molecular weight is 318 g/mol. The summed E-state index contributed by atoms with van der Waals surface area (Å²) < 4.78 is 5.91. The van der Waals surface area contributed by atoms with E-state index in [9.17, 15) is 5.11 Å². The SMILES string of the molecule is CC(Nc1ccc(OC2CCCCC2O)cc1)c1nccs1. The van der Waals surface area contributed by atoms with Gasteiger partial charge in [-0.2, -0.15) is 0 Å². The van der Waals surface area contributed by atoms with Crippen molar-refractivity contribution in [1.29, 1.82) is 0 Å². The lowest BCUT2D eigenvalue weighted by Crippen LogP contribution is -2.34. The number of aliphatic hydroxyl groups is 1. The largest absolute Gasteiger partial charge is 0.488 e. The third kappa shape index (κ3) is 3.78. The molecule has 0 spiro atoms. The van der Waals surface area contributed by atoms with Crippen LogP contribution in [0, 0.1) is 0 Å². The Labute approximate surface area is 135 Å². The lowest BCUT2D eigenvalue weighted by atomic mass is 9.95. The lowest BCUT2D eigenvalue weighted by molar-refractivity contribution is 0.00688. The van der Waals surface area contributed by atoms with Crippen molar-refractivity contribution in [3.8, 4) is 5.75 Å². The highest BCUT2D eigenvalue weighted by atomic mass is 32.1. The van der Waals surface area contributed by atoms with Crippen LogP contribution in [0.3, 0.4) is 0 Å². The summed E-state index contributed by atoms with van der Waals surface area (Å²) in [6, 6.07) is 8.12. The van der Waals surface area contributed by atoms with Crippen molar-refractivity contribution in [3.63, 3.8) is 0 Å². The van der Waals surface area contributed by atoms with Crippen molar-refractivity contribution >= 4 is 17.0 Å². The molecule has 0 amide bonds. The van der Waals surface area contributed by atoms with Crippen LogP contribution in [0.15, 0.2) is 35.8 Å². The second-order valence-corrected chi connectivity index (χ2v) is 6.69. The monoisotopic (exact) mass is 318 g/mol. The van der Waals surface area contributed by atoms with Gasteiger partial charge in [0, 0.05) is 17.3 Å². The summed E-state index contributed by atoms with van der Waals surface area (Å²) in [7, 11) is 0. The van der Waals surface area contributed by atoms with Gasteiger partial charge >= 0.3 is 0 Å². The number of benzene rings is 1. The molecule has 1 heterocycles. The first-order valence-electron chi connectivity index (χ1n) is 7.83. The molecule has 2 aromatic rings. The molecule has 22 heavy (non-hydrogen) atoms. The van der Waals surface area contributed by atoms with E-state index in [0.717, 1.165) is 42.1 Å². The van der Waals surface area contributed by atoms with Crippen LogP contribution < -0.4 is 10.1 Å². The maximum Gasteiger partial charge on any atom is 0.124 e. The zero-order valence-electron chi connectivity index (χ0n) is 12.7. The van der Waals surface area contributed by atoms with Crippen LogP contribution >= 0.6 is 11.3 Å². The molecular weight excluding hydrogens is 296 g/mol. The van der Waals surface area contributed by atoms with E-state index in [2.05, 4.69) is 17.2 Å². The molecule has 4 nitrogen and oxygen atoms in total. The molecule has 0 bridgehead atoms. The van der Waals surface area contributed by atoms with Crippen LogP contribution in [0.25, 0.3) is 0 Å². The minimum absolute atomic E-state index is 0.0678. The number of rotatable bonds is 5. The Bertz CT molecular complexity index is 571. The first kappa shape index (κ1) is 15.3. The third-order valence-electron chi connectivity index (χ3n) is 4.01. The molecule has 3 atom stereocenters. The van der Waals surface area contributed by atoms with Crippen LogP contribution in [-0.2, 0) is 0 Å². The Balaban J connectivity index is 1.58. The fourth-order valence-corrected chi connectivity index (χ4v) is 3.43. The standard InChI is InChI=1S/C17H22N2O2S/c1-12(17-18-10-11-22-17)19-13-6-8-14(9-7-13)21-16-5-3-2-4-15(16)20/h6-12,15-16,19-20H,2-5H2,1H3. The number of aromatic nitrogens is 1. The fourth-order valence-electron chi connectivity index (χ4n) is 2.78. The van der Waals surface area contributed by atoms with Crippen molar-refractivity contribution in [3.05, 3.63) is 40.8 Å². The maximum atomic E-state index is 9.97. The van der Waals surface area contributed by atoms with Crippen LogP contribution in [-0.4, -0.2) is 22.3 Å². The van der Waals surface area contributed by atoms with Crippen LogP contribution in [0.5, 0.6) is 5.75 Å². The van der Waals surface area contributed by atoms with Crippen molar-refractivity contribution in [2.24, 2.45) is 0 Å². The van der Waals surface area contributed by atoms with Crippen molar-refractivity contribution < 1.29 is 9.84 Å². The van der Waals surface area contributed by atoms with Gasteiger partial charge in [0.05, 0.1) is 12.1 Å². The van der Waals surface area contributed by atoms with Gasteiger partial charge in [0.1, 0.15) is 16.9 Å². The van der Waals surface area contributed by atoms with Gasteiger partial charge in [0.15, 0.2) is 0 Å². The van der Waals surface area contributed by atoms with Gasteiger partial charge in [-0.1, -0.05) is 6.42 Å². The number of hydrogen-bond acceptors (Lipinski definition) is 5. The summed E-state index contributed by atoms with van der Waals surface area (Å²) in [5, 5.41) is 16.5. The number of nitrogens with zero attached hydrogens (tertiary/aromatic N) is 1. The summed E-state index contributed by atoms with van der Waals surface area (Å²) in [6.45, 7) is 2.10. The highest BCUT2D eigenvalue weighted by Gasteiger charge is 2.24. The summed E-state index contributed by atoms with van der Waals surface area (Å²) in [5.41, 5.74) is 1.04. The predicted octanol–water partition coefficient (Wildman–Crippen LogP) is 4.00. The molecule has 1 aliphatic carbocycles. The number of thiazole rings is 1. The van der Waals surface area contributed by atoms with E-state index in [1.807, 2.05) is 35.8 Å². The molecule has 1 aliphatic rings. The normalized spacial score (nSPS) is 23.0. The Morgan fingerprint density at radius 3 is 2.73 bits per heavy atom. The number of nitrogens with one attached hydrogen (secondary N) is 1. The van der Waals surface area contributed by atoms with E-state index in [-0.39, 0.29) is 18.2 Å². The summed E-state index contributed by atoms with van der Waals surface area (Å²) in [4.78, 5) is 4.32. The van der Waals surface area contributed by atoms with Gasteiger partial charge in [-0.25, -0.2) is 4.98 Å². The summed E-state index contributed by atoms with van der Waals surface area (Å²) >= 11 is 1.65. The molecule has 118 valence electrons. The topological polar surface area (TPSA) is 54.4 Å². The van der Waals surface area contributed by atoms with Gasteiger partial charge in [0.2, 0.25) is 0 Å².